The number of hydrogen-bond acceptors (Lipinski definition) is 6. The molecule has 0 saturated heterocycles. The average molecular weight is 394 g/mol. The van der Waals surface area contributed by atoms with Gasteiger partial charge in [-0.3, -0.25) is 14.8 Å². The molecule has 0 bridgehead atoms. The smallest absolute Gasteiger partial charge is 0.262 e. The molecule has 2 rings (SSSR count). The van der Waals surface area contributed by atoms with E-state index in [1.54, 1.807) is 0 Å². The first kappa shape index (κ1) is 15.6. The summed E-state index contributed by atoms with van der Waals surface area (Å²) in [4.78, 5) is 17.3. The largest absolute Gasteiger partial charge is 0.289 e. The van der Waals surface area contributed by atoms with Gasteiger partial charge in [-0.1, -0.05) is 11.6 Å². The third-order valence-corrected chi connectivity index (χ3v) is 4.37. The number of benzene rings is 1. The second-order valence-corrected chi connectivity index (χ2v) is 6.60. The number of sulfonamides is 1. The third-order valence-electron chi connectivity index (χ3n) is 2.28. The van der Waals surface area contributed by atoms with Crippen LogP contribution in [0.4, 0.5) is 11.5 Å². The van der Waals surface area contributed by atoms with Crippen LogP contribution in [0.3, 0.4) is 0 Å². The van der Waals surface area contributed by atoms with E-state index in [9.17, 15) is 18.5 Å². The first-order chi connectivity index (χ1) is 9.79. The summed E-state index contributed by atoms with van der Waals surface area (Å²) in [6.07, 6.45) is 2.51. The Hall–Kier alpha value is -1.78. The van der Waals surface area contributed by atoms with Gasteiger partial charge >= 0.3 is 0 Å². The van der Waals surface area contributed by atoms with Crippen LogP contribution in [0.1, 0.15) is 0 Å². The number of aromatic nitrogens is 2. The molecule has 1 heterocycles. The summed E-state index contributed by atoms with van der Waals surface area (Å²) in [5.41, 5.74) is -0.499. The topological polar surface area (TPSA) is 115 Å². The van der Waals surface area contributed by atoms with E-state index in [-0.39, 0.29) is 15.7 Å². The summed E-state index contributed by atoms with van der Waals surface area (Å²) >= 11 is 8.70. The van der Waals surface area contributed by atoms with Crippen molar-refractivity contribution in [1.82, 2.24) is 9.97 Å². The van der Waals surface area contributed by atoms with Crippen molar-refractivity contribution in [3.63, 3.8) is 0 Å². The molecule has 11 heteroatoms. The Morgan fingerprint density at radius 2 is 2.00 bits per heavy atom. The Morgan fingerprint density at radius 1 is 1.29 bits per heavy atom. The molecule has 0 fully saturated rings. The molecular weight excluding hydrogens is 388 g/mol. The highest BCUT2D eigenvalue weighted by molar-refractivity contribution is 9.10. The number of anilines is 1. The van der Waals surface area contributed by atoms with Crippen LogP contribution >= 0.6 is 27.5 Å². The minimum absolute atomic E-state index is 0.0178. The van der Waals surface area contributed by atoms with Gasteiger partial charge in [0.2, 0.25) is 0 Å². The van der Waals surface area contributed by atoms with Gasteiger partial charge in [-0.25, -0.2) is 18.4 Å². The molecule has 21 heavy (non-hydrogen) atoms. The van der Waals surface area contributed by atoms with Gasteiger partial charge in [-0.05, 0) is 28.1 Å². The zero-order valence-corrected chi connectivity index (χ0v) is 13.2. The molecule has 1 aromatic heterocycles. The van der Waals surface area contributed by atoms with E-state index in [0.29, 0.717) is 4.60 Å². The van der Waals surface area contributed by atoms with E-state index in [1.165, 1.54) is 12.4 Å². The number of rotatable bonds is 4. The first-order valence-electron chi connectivity index (χ1n) is 5.24. The zero-order chi connectivity index (χ0) is 15.6. The number of nitro benzene ring substituents is 1. The van der Waals surface area contributed by atoms with Gasteiger partial charge in [0.05, 0.1) is 22.2 Å². The van der Waals surface area contributed by atoms with Crippen molar-refractivity contribution in [2.45, 2.75) is 4.90 Å². The quantitative estimate of drug-likeness (QED) is 0.630. The third kappa shape index (κ3) is 3.65. The van der Waals surface area contributed by atoms with Crippen molar-refractivity contribution >= 4 is 49.1 Å². The van der Waals surface area contributed by atoms with Crippen molar-refractivity contribution in [2.24, 2.45) is 0 Å². The average Bonchev–Trinajstić information content (AvgIpc) is 2.41. The molecule has 0 saturated carbocycles. The maximum Gasteiger partial charge on any atom is 0.289 e. The molecule has 0 aliphatic carbocycles. The molecule has 1 aromatic carbocycles. The SMILES string of the molecule is O=[N+]([O-])c1cc(S(=O)(=O)Nc2cnc(Br)cn2)ccc1Cl. The molecule has 0 radical (unpaired) electrons. The Labute approximate surface area is 132 Å². The van der Waals surface area contributed by atoms with Crippen LogP contribution in [-0.2, 0) is 10.0 Å². The molecule has 2 aromatic rings. The van der Waals surface area contributed by atoms with E-state index in [2.05, 4.69) is 30.6 Å². The predicted molar refractivity (Wildman–Crippen MR) is 78.6 cm³/mol. The molecule has 0 aliphatic rings. The fourth-order valence-corrected chi connectivity index (χ4v) is 2.76. The van der Waals surface area contributed by atoms with Crippen LogP contribution in [0.25, 0.3) is 0 Å². The lowest BCUT2D eigenvalue weighted by Gasteiger charge is -2.07. The Kier molecular flexibility index (Phi) is 4.40. The number of halogens is 2. The normalized spacial score (nSPS) is 11.1. The van der Waals surface area contributed by atoms with Gasteiger partial charge in [-0.2, -0.15) is 0 Å². The molecule has 0 spiro atoms. The van der Waals surface area contributed by atoms with E-state index in [0.717, 1.165) is 18.2 Å². The lowest BCUT2D eigenvalue weighted by molar-refractivity contribution is -0.384. The van der Waals surface area contributed by atoms with Gasteiger partial charge in [0, 0.05) is 6.07 Å². The highest BCUT2D eigenvalue weighted by Crippen LogP contribution is 2.27. The van der Waals surface area contributed by atoms with Crippen LogP contribution < -0.4 is 4.72 Å². The monoisotopic (exact) mass is 392 g/mol. The Bertz CT molecular complexity index is 797. The molecule has 110 valence electrons. The minimum Gasteiger partial charge on any atom is -0.262 e. The Balaban J connectivity index is 2.38. The summed E-state index contributed by atoms with van der Waals surface area (Å²) in [6, 6.07) is 3.17. The number of nitrogens with zero attached hydrogens (tertiary/aromatic N) is 3. The summed E-state index contributed by atoms with van der Waals surface area (Å²) < 4.78 is 26.8. The van der Waals surface area contributed by atoms with Crippen LogP contribution in [0.2, 0.25) is 5.02 Å². The molecule has 1 N–H and O–H groups in total. The van der Waals surface area contributed by atoms with Gasteiger partial charge in [0.25, 0.3) is 15.7 Å². The second-order valence-electron chi connectivity index (χ2n) is 3.70. The Morgan fingerprint density at radius 3 is 2.57 bits per heavy atom. The van der Waals surface area contributed by atoms with Crippen molar-refractivity contribution in [3.05, 3.63) is 50.3 Å². The molecule has 0 unspecified atom stereocenters. The van der Waals surface area contributed by atoms with Crippen molar-refractivity contribution in [2.75, 3.05) is 4.72 Å². The number of nitrogens with one attached hydrogen (secondary N) is 1. The van der Waals surface area contributed by atoms with Gasteiger partial charge in [0.1, 0.15) is 9.63 Å². The molecule has 0 aliphatic heterocycles. The lowest BCUT2D eigenvalue weighted by atomic mass is 10.3. The fourth-order valence-electron chi connectivity index (χ4n) is 1.36. The van der Waals surface area contributed by atoms with Gasteiger partial charge in [0.15, 0.2) is 5.82 Å². The van der Waals surface area contributed by atoms with Crippen molar-refractivity contribution in [1.29, 1.82) is 0 Å². The summed E-state index contributed by atoms with van der Waals surface area (Å²) in [7, 11) is -4.03. The minimum atomic E-state index is -4.03. The zero-order valence-electron chi connectivity index (χ0n) is 10.0. The van der Waals surface area contributed by atoms with Crippen molar-refractivity contribution < 1.29 is 13.3 Å². The van der Waals surface area contributed by atoms with Crippen LogP contribution in [0, 0.1) is 10.1 Å². The van der Waals surface area contributed by atoms with Crippen LogP contribution in [0.5, 0.6) is 0 Å². The van der Waals surface area contributed by atoms with E-state index in [1.807, 2.05) is 0 Å². The van der Waals surface area contributed by atoms with E-state index < -0.39 is 20.6 Å². The maximum absolute atomic E-state index is 12.1. The molecule has 0 amide bonds. The number of hydrogen-bond donors (Lipinski definition) is 1. The van der Waals surface area contributed by atoms with E-state index in [4.69, 9.17) is 11.6 Å². The maximum atomic E-state index is 12.1. The van der Waals surface area contributed by atoms with Crippen molar-refractivity contribution in [3.8, 4) is 0 Å². The standard InChI is InChI=1S/C10H6BrClN4O4S/c11-9-4-14-10(5-13-9)15-21(19,20)6-1-2-7(12)8(3-6)16(17)18/h1-5H,(H,14,15). The summed E-state index contributed by atoms with van der Waals surface area (Å²) in [5.74, 6) is -0.0178. The number of nitro groups is 1. The molecule has 0 atom stereocenters. The van der Waals surface area contributed by atoms with E-state index >= 15 is 0 Å². The molecular formula is C10H6BrClN4O4S. The highest BCUT2D eigenvalue weighted by atomic mass is 79.9. The van der Waals surface area contributed by atoms with Gasteiger partial charge in [-0.15, -0.1) is 0 Å². The summed E-state index contributed by atoms with van der Waals surface area (Å²) in [6.45, 7) is 0. The fraction of sp³-hybridized carbons (Fsp3) is 0. The van der Waals surface area contributed by atoms with Crippen LogP contribution in [0.15, 0.2) is 40.1 Å². The van der Waals surface area contributed by atoms with Crippen LogP contribution in [-0.4, -0.2) is 23.3 Å². The summed E-state index contributed by atoms with van der Waals surface area (Å²) in [5, 5.41) is 10.6. The first-order valence-corrected chi connectivity index (χ1v) is 7.89. The highest BCUT2D eigenvalue weighted by Gasteiger charge is 2.21. The second kappa shape index (κ2) is 5.92. The van der Waals surface area contributed by atoms with Gasteiger partial charge < -0.3 is 0 Å². The molecule has 8 nitrogen and oxygen atoms in total. The lowest BCUT2D eigenvalue weighted by Crippen LogP contribution is -2.14. The predicted octanol–water partition coefficient (Wildman–Crippen LogP) is 2.60.